The summed E-state index contributed by atoms with van der Waals surface area (Å²) in [4.78, 5) is 11.2. The number of aliphatic carboxylic acids is 1. The van der Waals surface area contributed by atoms with Crippen LogP contribution in [0.3, 0.4) is 0 Å². The minimum atomic E-state index is -1.24. The van der Waals surface area contributed by atoms with Crippen molar-refractivity contribution in [2.75, 3.05) is 0 Å². The fraction of sp³-hybridized carbons (Fsp3) is 0.438. The Hall–Kier alpha value is -1.77. The zero-order chi connectivity index (χ0) is 14.6. The van der Waals surface area contributed by atoms with Gasteiger partial charge >= 0.3 is 5.97 Å². The maximum Gasteiger partial charge on any atom is 0.347 e. The predicted molar refractivity (Wildman–Crippen MR) is 76.8 cm³/mol. The van der Waals surface area contributed by atoms with E-state index < -0.39 is 11.6 Å². The molecule has 0 aliphatic carbocycles. The van der Waals surface area contributed by atoms with E-state index in [9.17, 15) is 4.79 Å². The minimum Gasteiger partial charge on any atom is -0.478 e. The van der Waals surface area contributed by atoms with Crippen molar-refractivity contribution in [1.82, 2.24) is 0 Å². The van der Waals surface area contributed by atoms with Gasteiger partial charge in [0.25, 0.3) is 0 Å². The summed E-state index contributed by atoms with van der Waals surface area (Å²) in [5.41, 5.74) is 0.821. The Labute approximate surface area is 114 Å². The lowest BCUT2D eigenvalue weighted by molar-refractivity contribution is -0.152. The van der Waals surface area contributed by atoms with Gasteiger partial charge in [0.1, 0.15) is 5.75 Å². The molecule has 3 nitrogen and oxygen atoms in total. The molecule has 1 aromatic rings. The first-order valence-corrected chi connectivity index (χ1v) is 6.41. The lowest BCUT2D eigenvalue weighted by atomic mass is 9.95. The van der Waals surface area contributed by atoms with Crippen molar-refractivity contribution < 1.29 is 14.6 Å². The van der Waals surface area contributed by atoms with Crippen molar-refractivity contribution in [2.24, 2.45) is 0 Å². The molecule has 3 heteroatoms. The summed E-state index contributed by atoms with van der Waals surface area (Å²) in [7, 11) is 0. The van der Waals surface area contributed by atoms with E-state index in [1.54, 1.807) is 13.8 Å². The quantitative estimate of drug-likeness (QED) is 0.790. The van der Waals surface area contributed by atoms with Crippen molar-refractivity contribution in [1.29, 1.82) is 0 Å². The summed E-state index contributed by atoms with van der Waals surface area (Å²) in [6, 6.07) is 5.89. The molecule has 19 heavy (non-hydrogen) atoms. The topological polar surface area (TPSA) is 46.5 Å². The summed E-state index contributed by atoms with van der Waals surface area (Å²) < 4.78 is 5.71. The van der Waals surface area contributed by atoms with Gasteiger partial charge in [-0.05, 0) is 50.3 Å². The largest absolute Gasteiger partial charge is 0.478 e. The highest BCUT2D eigenvalue weighted by Gasteiger charge is 2.30. The number of carboxylic acids is 1. The third kappa shape index (κ3) is 3.85. The van der Waals surface area contributed by atoms with Gasteiger partial charge in [-0.3, -0.25) is 0 Å². The summed E-state index contributed by atoms with van der Waals surface area (Å²) >= 11 is 0. The highest BCUT2D eigenvalue weighted by Crippen LogP contribution is 2.32. The fourth-order valence-electron chi connectivity index (χ4n) is 1.83. The van der Waals surface area contributed by atoms with E-state index in [0.717, 1.165) is 17.5 Å². The highest BCUT2D eigenvalue weighted by atomic mass is 16.5. The molecule has 0 saturated heterocycles. The Morgan fingerprint density at radius 1 is 1.53 bits per heavy atom. The Balaban J connectivity index is 3.14. The summed E-state index contributed by atoms with van der Waals surface area (Å²) in [6.07, 6.45) is 2.68. The highest BCUT2D eigenvalue weighted by molar-refractivity contribution is 5.76. The molecule has 0 saturated carbocycles. The van der Waals surface area contributed by atoms with Crippen LogP contribution in [0.5, 0.6) is 5.75 Å². The first-order chi connectivity index (χ1) is 8.77. The van der Waals surface area contributed by atoms with E-state index in [-0.39, 0.29) is 5.92 Å². The first-order valence-electron chi connectivity index (χ1n) is 6.41. The van der Waals surface area contributed by atoms with Crippen molar-refractivity contribution >= 4 is 5.97 Å². The molecule has 0 radical (unpaired) electrons. The molecule has 1 unspecified atom stereocenters. The second-order valence-corrected chi connectivity index (χ2v) is 5.38. The van der Waals surface area contributed by atoms with Gasteiger partial charge in [0, 0.05) is 0 Å². The number of aryl methyl sites for hydroxylation is 1. The van der Waals surface area contributed by atoms with E-state index >= 15 is 0 Å². The average Bonchev–Trinajstić information content (AvgIpc) is 2.28. The lowest BCUT2D eigenvalue weighted by Crippen LogP contribution is -2.38. The maximum absolute atomic E-state index is 11.2. The first kappa shape index (κ1) is 15.3. The molecule has 1 N–H and O–H groups in total. The molecule has 0 aliphatic heterocycles. The van der Waals surface area contributed by atoms with Crippen LogP contribution >= 0.6 is 0 Å². The zero-order valence-electron chi connectivity index (χ0n) is 12.1. The van der Waals surface area contributed by atoms with E-state index in [4.69, 9.17) is 9.84 Å². The molecular formula is C16H22O3. The second-order valence-electron chi connectivity index (χ2n) is 5.38. The normalized spacial score (nSPS) is 12.8. The van der Waals surface area contributed by atoms with Crippen LogP contribution in [0.15, 0.2) is 30.9 Å². The fourth-order valence-corrected chi connectivity index (χ4v) is 1.83. The van der Waals surface area contributed by atoms with Gasteiger partial charge in [0.2, 0.25) is 0 Å². The second kappa shape index (κ2) is 5.91. The molecule has 0 aromatic heterocycles. The van der Waals surface area contributed by atoms with Crippen LogP contribution < -0.4 is 4.74 Å². The van der Waals surface area contributed by atoms with Crippen LogP contribution in [0.2, 0.25) is 0 Å². The number of benzene rings is 1. The number of rotatable bonds is 6. The minimum absolute atomic E-state index is 0.248. The number of hydrogen-bond donors (Lipinski definition) is 1. The van der Waals surface area contributed by atoms with Crippen molar-refractivity contribution in [3.63, 3.8) is 0 Å². The summed E-state index contributed by atoms with van der Waals surface area (Å²) in [5, 5.41) is 9.16. The molecule has 0 bridgehead atoms. The molecule has 0 heterocycles. The Morgan fingerprint density at radius 2 is 2.16 bits per heavy atom. The van der Waals surface area contributed by atoms with E-state index in [1.807, 2.05) is 31.2 Å². The molecular weight excluding hydrogens is 240 g/mol. The lowest BCUT2D eigenvalue weighted by Gasteiger charge is -2.25. The summed E-state index contributed by atoms with van der Waals surface area (Å²) in [6.45, 7) is 10.9. The van der Waals surface area contributed by atoms with E-state index in [0.29, 0.717) is 5.75 Å². The average molecular weight is 262 g/mol. The zero-order valence-corrected chi connectivity index (χ0v) is 12.1. The molecule has 1 rings (SSSR count). The van der Waals surface area contributed by atoms with E-state index in [2.05, 4.69) is 13.5 Å². The molecule has 1 aromatic carbocycles. The van der Waals surface area contributed by atoms with Gasteiger partial charge in [-0.15, -0.1) is 6.58 Å². The number of allylic oxidation sites excluding steroid dienone is 1. The van der Waals surface area contributed by atoms with Gasteiger partial charge in [-0.1, -0.05) is 25.1 Å². The molecule has 0 aliphatic rings. The van der Waals surface area contributed by atoms with Gasteiger partial charge in [0.05, 0.1) is 0 Å². The summed E-state index contributed by atoms with van der Waals surface area (Å²) in [5.74, 6) is -0.0872. The van der Waals surface area contributed by atoms with E-state index in [1.165, 1.54) is 0 Å². The van der Waals surface area contributed by atoms with Gasteiger partial charge < -0.3 is 9.84 Å². The third-order valence-corrected chi connectivity index (χ3v) is 3.10. The van der Waals surface area contributed by atoms with Crippen LogP contribution in [0.4, 0.5) is 0 Å². The SMILES string of the molecule is C=CCC(C)c1ccc(C)cc1OC(C)(C)C(=O)O. The van der Waals surface area contributed by atoms with Crippen LogP contribution in [0.1, 0.15) is 44.2 Å². The number of hydrogen-bond acceptors (Lipinski definition) is 2. The molecule has 0 fully saturated rings. The Kier molecular flexibility index (Phi) is 4.76. The predicted octanol–water partition coefficient (Wildman–Crippen LogP) is 3.92. The Morgan fingerprint density at radius 3 is 2.68 bits per heavy atom. The monoisotopic (exact) mass is 262 g/mol. The Bertz CT molecular complexity index is 475. The number of carbonyl (C=O) groups is 1. The molecule has 104 valence electrons. The van der Waals surface area contributed by atoms with Crippen LogP contribution in [0.25, 0.3) is 0 Å². The number of ether oxygens (including phenoxy) is 1. The maximum atomic E-state index is 11.2. The van der Waals surface area contributed by atoms with Crippen LogP contribution in [0, 0.1) is 6.92 Å². The van der Waals surface area contributed by atoms with Crippen LogP contribution in [-0.2, 0) is 4.79 Å². The number of carboxylic acid groups (broad SMARTS) is 1. The standard InChI is InChI=1S/C16H22O3/c1-6-7-12(3)13-9-8-11(2)10-14(13)19-16(4,5)15(17)18/h6,8-10,12H,1,7H2,2-5H3,(H,17,18). The molecule has 0 spiro atoms. The van der Waals surface area contributed by atoms with Crippen molar-refractivity contribution in [3.8, 4) is 5.75 Å². The molecule has 1 atom stereocenters. The van der Waals surface area contributed by atoms with Crippen molar-refractivity contribution in [2.45, 2.75) is 45.6 Å². The van der Waals surface area contributed by atoms with Gasteiger partial charge in [0.15, 0.2) is 5.60 Å². The smallest absolute Gasteiger partial charge is 0.347 e. The van der Waals surface area contributed by atoms with Gasteiger partial charge in [-0.25, -0.2) is 4.79 Å². The van der Waals surface area contributed by atoms with Crippen molar-refractivity contribution in [3.05, 3.63) is 42.0 Å². The third-order valence-electron chi connectivity index (χ3n) is 3.10. The van der Waals surface area contributed by atoms with Gasteiger partial charge in [-0.2, -0.15) is 0 Å². The van der Waals surface area contributed by atoms with Crippen LogP contribution in [-0.4, -0.2) is 16.7 Å². The molecule has 0 amide bonds.